The van der Waals surface area contributed by atoms with Gasteiger partial charge in [0, 0.05) is 0 Å². The lowest BCUT2D eigenvalue weighted by atomic mass is 10.2. The van der Waals surface area contributed by atoms with Crippen LogP contribution >= 0.6 is 11.6 Å². The van der Waals surface area contributed by atoms with Crippen LogP contribution in [0, 0.1) is 0 Å². The third-order valence-corrected chi connectivity index (χ3v) is 2.42. The molecule has 0 spiro atoms. The first-order valence-corrected chi connectivity index (χ1v) is 5.17. The molecule has 0 aliphatic heterocycles. The minimum atomic E-state index is -0.753. The Labute approximate surface area is 98.3 Å². The van der Waals surface area contributed by atoms with E-state index in [-0.39, 0.29) is 16.3 Å². The SMILES string of the molecule is CCC(Oc1cccc(Cl)c1C=O)C(N)=O. The van der Waals surface area contributed by atoms with E-state index in [0.29, 0.717) is 12.7 Å². The highest BCUT2D eigenvalue weighted by Crippen LogP contribution is 2.25. The summed E-state index contributed by atoms with van der Waals surface area (Å²) >= 11 is 5.81. The average Bonchev–Trinajstić information content (AvgIpc) is 2.25. The van der Waals surface area contributed by atoms with Gasteiger partial charge in [-0.3, -0.25) is 9.59 Å². The Hall–Kier alpha value is -1.55. The van der Waals surface area contributed by atoms with E-state index in [0.717, 1.165) is 0 Å². The summed E-state index contributed by atoms with van der Waals surface area (Å²) in [6, 6.07) is 4.78. The summed E-state index contributed by atoms with van der Waals surface area (Å²) in [5.74, 6) is -0.299. The van der Waals surface area contributed by atoms with Gasteiger partial charge in [0.1, 0.15) is 5.75 Å². The second kappa shape index (κ2) is 5.51. The zero-order valence-electron chi connectivity index (χ0n) is 8.77. The highest BCUT2D eigenvalue weighted by Gasteiger charge is 2.17. The van der Waals surface area contributed by atoms with Crippen molar-refractivity contribution in [1.29, 1.82) is 0 Å². The lowest BCUT2D eigenvalue weighted by Crippen LogP contribution is -2.33. The number of amides is 1. The number of carbonyl (C=O) groups is 2. The van der Waals surface area contributed by atoms with E-state index < -0.39 is 12.0 Å². The average molecular weight is 242 g/mol. The predicted molar refractivity (Wildman–Crippen MR) is 60.7 cm³/mol. The molecule has 0 saturated carbocycles. The Kier molecular flexibility index (Phi) is 4.31. The summed E-state index contributed by atoms with van der Waals surface area (Å²) in [7, 11) is 0. The minimum absolute atomic E-state index is 0.226. The summed E-state index contributed by atoms with van der Waals surface area (Å²) in [4.78, 5) is 21.8. The second-order valence-electron chi connectivity index (χ2n) is 3.19. The lowest BCUT2D eigenvalue weighted by Gasteiger charge is -2.15. The first kappa shape index (κ1) is 12.5. The number of primary amides is 1. The number of carbonyl (C=O) groups excluding carboxylic acids is 2. The van der Waals surface area contributed by atoms with E-state index in [4.69, 9.17) is 22.1 Å². The number of hydrogen-bond donors (Lipinski definition) is 1. The van der Waals surface area contributed by atoms with Gasteiger partial charge in [0.2, 0.25) is 0 Å². The monoisotopic (exact) mass is 241 g/mol. The first-order chi connectivity index (χ1) is 7.60. The molecule has 0 saturated heterocycles. The molecular formula is C11H12ClNO3. The molecule has 1 aromatic rings. The van der Waals surface area contributed by atoms with Gasteiger partial charge in [0.05, 0.1) is 10.6 Å². The normalized spacial score (nSPS) is 11.9. The van der Waals surface area contributed by atoms with Crippen molar-refractivity contribution < 1.29 is 14.3 Å². The van der Waals surface area contributed by atoms with E-state index in [1.54, 1.807) is 25.1 Å². The van der Waals surface area contributed by atoms with E-state index in [9.17, 15) is 9.59 Å². The molecule has 0 heterocycles. The third-order valence-electron chi connectivity index (χ3n) is 2.09. The Morgan fingerprint density at radius 3 is 2.81 bits per heavy atom. The molecule has 0 fully saturated rings. The van der Waals surface area contributed by atoms with Crippen LogP contribution in [0.2, 0.25) is 5.02 Å². The van der Waals surface area contributed by atoms with Gasteiger partial charge < -0.3 is 10.5 Å². The Balaban J connectivity index is 3.00. The van der Waals surface area contributed by atoms with Crippen molar-refractivity contribution in [2.75, 3.05) is 0 Å². The van der Waals surface area contributed by atoms with Crippen LogP contribution in [0.15, 0.2) is 18.2 Å². The van der Waals surface area contributed by atoms with Gasteiger partial charge in [-0.05, 0) is 18.6 Å². The number of halogens is 1. The van der Waals surface area contributed by atoms with E-state index in [1.165, 1.54) is 0 Å². The lowest BCUT2D eigenvalue weighted by molar-refractivity contribution is -0.124. The predicted octanol–water partition coefficient (Wildman–Crippen LogP) is 1.80. The maximum atomic E-state index is 11.0. The van der Waals surface area contributed by atoms with Crippen LogP contribution in [0.3, 0.4) is 0 Å². The van der Waals surface area contributed by atoms with Crippen molar-refractivity contribution in [2.45, 2.75) is 19.4 Å². The van der Waals surface area contributed by atoms with Gasteiger partial charge in [0.15, 0.2) is 12.4 Å². The van der Waals surface area contributed by atoms with Gasteiger partial charge >= 0.3 is 0 Å². The molecule has 1 amide bonds. The zero-order valence-corrected chi connectivity index (χ0v) is 9.53. The van der Waals surface area contributed by atoms with Gasteiger partial charge in [-0.25, -0.2) is 0 Å². The fraction of sp³-hybridized carbons (Fsp3) is 0.273. The van der Waals surface area contributed by atoms with Gasteiger partial charge in [-0.2, -0.15) is 0 Å². The third kappa shape index (κ3) is 2.73. The summed E-state index contributed by atoms with van der Waals surface area (Å²) in [5, 5.41) is 0.284. The summed E-state index contributed by atoms with van der Waals surface area (Å²) < 4.78 is 5.34. The van der Waals surface area contributed by atoms with Crippen molar-refractivity contribution in [3.8, 4) is 5.75 Å². The molecule has 0 bridgehead atoms. The molecule has 1 unspecified atom stereocenters. The maximum Gasteiger partial charge on any atom is 0.258 e. The standard InChI is InChI=1S/C11H12ClNO3/c1-2-9(11(13)15)16-10-5-3-4-8(12)7(10)6-14/h3-6,9H,2H2,1H3,(H2,13,15). The van der Waals surface area contributed by atoms with Gasteiger partial charge in [-0.1, -0.05) is 24.6 Å². The number of hydrogen-bond acceptors (Lipinski definition) is 3. The van der Waals surface area contributed by atoms with E-state index >= 15 is 0 Å². The fourth-order valence-corrected chi connectivity index (χ4v) is 1.44. The molecule has 0 aliphatic carbocycles. The largest absolute Gasteiger partial charge is 0.480 e. The van der Waals surface area contributed by atoms with Crippen LogP contribution in [0.4, 0.5) is 0 Å². The van der Waals surface area contributed by atoms with Crippen LogP contribution in [0.5, 0.6) is 5.75 Å². The molecule has 0 radical (unpaired) electrons. The van der Waals surface area contributed by atoms with Gasteiger partial charge in [-0.15, -0.1) is 0 Å². The molecule has 16 heavy (non-hydrogen) atoms. The van der Waals surface area contributed by atoms with Crippen molar-refractivity contribution in [3.63, 3.8) is 0 Å². The van der Waals surface area contributed by atoms with Crippen molar-refractivity contribution in [2.24, 2.45) is 5.73 Å². The molecule has 0 aromatic heterocycles. The minimum Gasteiger partial charge on any atom is -0.480 e. The van der Waals surface area contributed by atoms with Crippen LogP contribution < -0.4 is 10.5 Å². The smallest absolute Gasteiger partial charge is 0.258 e. The summed E-state index contributed by atoms with van der Waals surface area (Å²) in [6.45, 7) is 1.76. The Bertz CT molecular complexity index is 406. The number of rotatable bonds is 5. The van der Waals surface area contributed by atoms with Crippen molar-refractivity contribution in [1.82, 2.24) is 0 Å². The van der Waals surface area contributed by atoms with Crippen molar-refractivity contribution in [3.05, 3.63) is 28.8 Å². The maximum absolute atomic E-state index is 11.0. The summed E-state index contributed by atoms with van der Waals surface area (Å²) in [5.41, 5.74) is 5.37. The van der Waals surface area contributed by atoms with Crippen molar-refractivity contribution >= 4 is 23.8 Å². The molecule has 4 nitrogen and oxygen atoms in total. The number of nitrogens with two attached hydrogens (primary N) is 1. The highest BCUT2D eigenvalue weighted by atomic mass is 35.5. The second-order valence-corrected chi connectivity index (χ2v) is 3.59. The highest BCUT2D eigenvalue weighted by molar-refractivity contribution is 6.33. The summed E-state index contributed by atoms with van der Waals surface area (Å²) in [6.07, 6.45) is 0.267. The number of aldehydes is 1. The Morgan fingerprint density at radius 1 is 1.62 bits per heavy atom. The quantitative estimate of drug-likeness (QED) is 0.799. The fourth-order valence-electron chi connectivity index (χ4n) is 1.23. The molecule has 2 N–H and O–H groups in total. The van der Waals surface area contributed by atoms with Crippen LogP contribution in [0.1, 0.15) is 23.7 Å². The number of ether oxygens (including phenoxy) is 1. The van der Waals surface area contributed by atoms with Crippen LogP contribution in [-0.4, -0.2) is 18.3 Å². The molecule has 86 valence electrons. The van der Waals surface area contributed by atoms with Gasteiger partial charge in [0.25, 0.3) is 5.91 Å². The molecule has 1 aromatic carbocycles. The molecule has 0 aliphatic rings. The first-order valence-electron chi connectivity index (χ1n) is 4.79. The van der Waals surface area contributed by atoms with Crippen LogP contribution in [0.25, 0.3) is 0 Å². The molecule has 1 atom stereocenters. The molecule has 1 rings (SSSR count). The molecule has 5 heteroatoms. The number of benzene rings is 1. The zero-order chi connectivity index (χ0) is 12.1. The van der Waals surface area contributed by atoms with Crippen LogP contribution in [-0.2, 0) is 4.79 Å². The topological polar surface area (TPSA) is 69.4 Å². The molecular weight excluding hydrogens is 230 g/mol. The van der Waals surface area contributed by atoms with E-state index in [2.05, 4.69) is 0 Å². The van der Waals surface area contributed by atoms with E-state index in [1.807, 2.05) is 0 Å². The Morgan fingerprint density at radius 2 is 2.31 bits per heavy atom.